The van der Waals surface area contributed by atoms with Gasteiger partial charge in [-0.2, -0.15) is 12.6 Å². The average Bonchev–Trinajstić information content (AvgIpc) is 2.82. The zero-order valence-corrected chi connectivity index (χ0v) is 15.7. The summed E-state index contributed by atoms with van der Waals surface area (Å²) in [4.78, 5) is 3.33. The highest BCUT2D eigenvalue weighted by Gasteiger charge is 2.18. The maximum Gasteiger partial charge on any atom is 0.181 e. The minimum atomic E-state index is -1.16. The molecule has 1 fully saturated rings. The molecule has 0 aliphatic carbocycles. The van der Waals surface area contributed by atoms with Gasteiger partial charge >= 0.3 is 0 Å². The fourth-order valence-corrected chi connectivity index (χ4v) is 4.78. The summed E-state index contributed by atoms with van der Waals surface area (Å²) in [6, 6.07) is 14.1. The fourth-order valence-electron chi connectivity index (χ4n) is 3.29. The van der Waals surface area contributed by atoms with Gasteiger partial charge in [-0.1, -0.05) is 43.2 Å². The normalized spacial score (nSPS) is 20.8. The molecule has 2 atom stereocenters. The van der Waals surface area contributed by atoms with Crippen molar-refractivity contribution >= 4 is 34.8 Å². The van der Waals surface area contributed by atoms with E-state index in [4.69, 9.17) is 12.6 Å². The monoisotopic (exact) mass is 362 g/mol. The Kier molecular flexibility index (Phi) is 6.86. The molecule has 1 saturated heterocycles. The molecule has 0 spiro atoms. The molecular formula is C19H26N2OS2. The van der Waals surface area contributed by atoms with E-state index in [-0.39, 0.29) is 0 Å². The summed E-state index contributed by atoms with van der Waals surface area (Å²) in [6.45, 7) is 2.92. The second-order valence-corrected chi connectivity index (χ2v) is 8.22. The van der Waals surface area contributed by atoms with Crippen molar-refractivity contribution in [2.24, 2.45) is 0 Å². The van der Waals surface area contributed by atoms with Crippen LogP contribution in [0.2, 0.25) is 0 Å². The lowest BCUT2D eigenvalue weighted by atomic mass is 10.1. The number of rotatable bonds is 6. The zero-order valence-electron chi connectivity index (χ0n) is 14.0. The molecule has 0 bridgehead atoms. The van der Waals surface area contributed by atoms with Crippen LogP contribution in [0.5, 0.6) is 0 Å². The van der Waals surface area contributed by atoms with Gasteiger partial charge in [-0.25, -0.2) is 0 Å². The van der Waals surface area contributed by atoms with Crippen molar-refractivity contribution in [2.45, 2.75) is 42.4 Å². The largest absolute Gasteiger partial charge is 0.593 e. The van der Waals surface area contributed by atoms with Crippen molar-refractivity contribution in [3.8, 4) is 0 Å². The lowest BCUT2D eigenvalue weighted by molar-refractivity contribution is 0.261. The topological polar surface area (TPSA) is 38.3 Å². The van der Waals surface area contributed by atoms with Gasteiger partial charge in [-0.05, 0) is 43.3 Å². The Morgan fingerprint density at radius 1 is 1.12 bits per heavy atom. The molecule has 1 N–H and O–H groups in total. The predicted molar refractivity (Wildman–Crippen MR) is 106 cm³/mol. The standard InChI is InChI=1S/C19H26N2OS2/c22-24(18-11-6-9-16-8-3-4-10-17(16)18)20-13-7-15-21-14-5-1-2-12-19(21)23/h3-4,6,8-11,19-20,23H,1-2,5,7,12-15H2/t19-,24?/m1/s1. The van der Waals surface area contributed by atoms with Crippen LogP contribution in [0.25, 0.3) is 10.8 Å². The first-order chi connectivity index (χ1) is 11.8. The molecule has 1 heterocycles. The molecule has 0 radical (unpaired) electrons. The van der Waals surface area contributed by atoms with Crippen LogP contribution in [0, 0.1) is 0 Å². The van der Waals surface area contributed by atoms with E-state index in [1.165, 1.54) is 25.7 Å². The number of benzene rings is 2. The second kappa shape index (κ2) is 9.11. The second-order valence-electron chi connectivity index (χ2n) is 6.36. The number of nitrogens with one attached hydrogen (secondary N) is 1. The van der Waals surface area contributed by atoms with E-state index in [1.54, 1.807) is 0 Å². The van der Waals surface area contributed by atoms with Crippen molar-refractivity contribution in [1.82, 2.24) is 9.62 Å². The molecule has 24 heavy (non-hydrogen) atoms. The highest BCUT2D eigenvalue weighted by Crippen LogP contribution is 2.23. The van der Waals surface area contributed by atoms with E-state index in [0.29, 0.717) is 5.37 Å². The molecule has 130 valence electrons. The summed E-state index contributed by atoms with van der Waals surface area (Å²) in [5.41, 5.74) is 0. The SMILES string of the molecule is [O-][S+](NCCCN1CCCCC[C@H]1S)c1cccc2ccccc12. The Bertz CT molecular complexity index is 647. The van der Waals surface area contributed by atoms with Crippen LogP contribution in [-0.2, 0) is 11.4 Å². The molecule has 0 saturated carbocycles. The maximum atomic E-state index is 12.6. The molecule has 5 heteroatoms. The first-order valence-corrected chi connectivity index (χ1v) is 10.5. The Hall–Kier alpha value is -0.720. The summed E-state index contributed by atoms with van der Waals surface area (Å²) in [5.74, 6) is 0. The Labute approximate surface area is 153 Å². The van der Waals surface area contributed by atoms with E-state index in [0.717, 1.165) is 41.7 Å². The predicted octanol–water partition coefficient (Wildman–Crippen LogP) is 3.97. The van der Waals surface area contributed by atoms with Gasteiger partial charge < -0.3 is 4.55 Å². The number of hydrogen-bond donors (Lipinski definition) is 2. The number of hydrogen-bond acceptors (Lipinski definition) is 4. The zero-order chi connectivity index (χ0) is 16.8. The highest BCUT2D eigenvalue weighted by molar-refractivity contribution is 7.89. The molecule has 1 unspecified atom stereocenters. The number of likely N-dealkylation sites (tertiary alicyclic amines) is 1. The maximum absolute atomic E-state index is 12.6. The summed E-state index contributed by atoms with van der Waals surface area (Å²) < 4.78 is 15.8. The van der Waals surface area contributed by atoms with Gasteiger partial charge in [0.05, 0.1) is 16.7 Å². The van der Waals surface area contributed by atoms with E-state index in [2.05, 4.69) is 21.8 Å². The van der Waals surface area contributed by atoms with Crippen molar-refractivity contribution in [1.29, 1.82) is 0 Å². The lowest BCUT2D eigenvalue weighted by Gasteiger charge is -2.26. The lowest BCUT2D eigenvalue weighted by Crippen LogP contribution is -2.34. The van der Waals surface area contributed by atoms with Gasteiger partial charge in [0.2, 0.25) is 0 Å². The van der Waals surface area contributed by atoms with Crippen molar-refractivity contribution in [3.05, 3.63) is 42.5 Å². The number of nitrogens with zero attached hydrogens (tertiary/aromatic N) is 1. The van der Waals surface area contributed by atoms with Crippen molar-refractivity contribution in [3.63, 3.8) is 0 Å². The molecular weight excluding hydrogens is 336 g/mol. The molecule has 3 nitrogen and oxygen atoms in total. The third-order valence-corrected chi connectivity index (χ3v) is 6.44. The van der Waals surface area contributed by atoms with Crippen LogP contribution in [0.1, 0.15) is 32.1 Å². The minimum absolute atomic E-state index is 0.385. The van der Waals surface area contributed by atoms with E-state index < -0.39 is 11.4 Å². The molecule has 3 rings (SSSR count). The third-order valence-electron chi connectivity index (χ3n) is 4.63. The molecule has 0 amide bonds. The van der Waals surface area contributed by atoms with Gasteiger partial charge in [0, 0.05) is 18.5 Å². The van der Waals surface area contributed by atoms with Crippen molar-refractivity contribution in [2.75, 3.05) is 19.6 Å². The van der Waals surface area contributed by atoms with Crippen LogP contribution >= 0.6 is 12.6 Å². The fraction of sp³-hybridized carbons (Fsp3) is 0.474. The first-order valence-electron chi connectivity index (χ1n) is 8.81. The van der Waals surface area contributed by atoms with Gasteiger partial charge in [0.25, 0.3) is 0 Å². The summed E-state index contributed by atoms with van der Waals surface area (Å²) in [5, 5.41) is 2.58. The van der Waals surface area contributed by atoms with E-state index in [9.17, 15) is 4.55 Å². The minimum Gasteiger partial charge on any atom is -0.593 e. The third kappa shape index (κ3) is 4.67. The number of thiol groups is 1. The van der Waals surface area contributed by atoms with Crippen LogP contribution in [0.3, 0.4) is 0 Å². The molecule has 2 aromatic carbocycles. The molecule has 1 aliphatic heterocycles. The Morgan fingerprint density at radius 2 is 1.96 bits per heavy atom. The molecule has 2 aromatic rings. The van der Waals surface area contributed by atoms with Crippen LogP contribution in [-0.4, -0.2) is 34.5 Å². The Balaban J connectivity index is 1.51. The van der Waals surface area contributed by atoms with E-state index in [1.807, 2.05) is 30.3 Å². The van der Waals surface area contributed by atoms with Crippen LogP contribution in [0.4, 0.5) is 0 Å². The van der Waals surface area contributed by atoms with Gasteiger partial charge in [0.15, 0.2) is 4.90 Å². The van der Waals surface area contributed by atoms with Crippen LogP contribution < -0.4 is 4.72 Å². The quantitative estimate of drug-likeness (QED) is 0.464. The summed E-state index contributed by atoms with van der Waals surface area (Å²) in [7, 11) is 0. The van der Waals surface area contributed by atoms with E-state index >= 15 is 0 Å². The van der Waals surface area contributed by atoms with Crippen molar-refractivity contribution < 1.29 is 4.55 Å². The average molecular weight is 363 g/mol. The first kappa shape index (κ1) is 18.1. The smallest absolute Gasteiger partial charge is 0.181 e. The van der Waals surface area contributed by atoms with Gasteiger partial charge in [0.1, 0.15) is 0 Å². The highest BCUT2D eigenvalue weighted by atomic mass is 32.2. The summed E-state index contributed by atoms with van der Waals surface area (Å²) in [6.07, 6.45) is 6.05. The van der Waals surface area contributed by atoms with Gasteiger partial charge in [-0.3, -0.25) is 4.90 Å². The van der Waals surface area contributed by atoms with Crippen LogP contribution in [0.15, 0.2) is 47.4 Å². The van der Waals surface area contributed by atoms with Gasteiger partial charge in [-0.15, -0.1) is 4.72 Å². The molecule has 0 aromatic heterocycles. The Morgan fingerprint density at radius 3 is 2.88 bits per heavy atom. The summed E-state index contributed by atoms with van der Waals surface area (Å²) >= 11 is 3.55. The molecule has 1 aliphatic rings. The number of fused-ring (bicyclic) bond motifs is 1.